The van der Waals surface area contributed by atoms with Gasteiger partial charge in [0, 0.05) is 5.56 Å². The van der Waals surface area contributed by atoms with E-state index in [1.165, 1.54) is 7.11 Å². The van der Waals surface area contributed by atoms with Crippen LogP contribution in [-0.2, 0) is 0 Å². The summed E-state index contributed by atoms with van der Waals surface area (Å²) in [6.07, 6.45) is 0.842. The van der Waals surface area contributed by atoms with Gasteiger partial charge in [-0.05, 0) is 24.6 Å². The lowest BCUT2D eigenvalue weighted by atomic mass is 10.1. The van der Waals surface area contributed by atoms with Crippen molar-refractivity contribution in [3.63, 3.8) is 0 Å². The van der Waals surface area contributed by atoms with Crippen molar-refractivity contribution in [2.45, 2.75) is 6.92 Å². The highest BCUT2D eigenvalue weighted by molar-refractivity contribution is 6.00. The van der Waals surface area contributed by atoms with Crippen molar-refractivity contribution >= 4 is 12.2 Å². The first-order chi connectivity index (χ1) is 7.63. The Morgan fingerprint density at radius 1 is 1.38 bits per heavy atom. The van der Waals surface area contributed by atoms with Gasteiger partial charge in [-0.3, -0.25) is 10.2 Å². The highest BCUT2D eigenvalue weighted by Gasteiger charge is 2.13. The number of rotatable bonds is 4. The van der Waals surface area contributed by atoms with Crippen LogP contribution in [-0.4, -0.2) is 26.5 Å². The molecule has 1 rings (SSSR count). The fourth-order valence-corrected chi connectivity index (χ4v) is 1.43. The molecule has 16 heavy (non-hydrogen) atoms. The molecule has 0 fully saturated rings. The lowest BCUT2D eigenvalue weighted by Crippen LogP contribution is -2.21. The van der Waals surface area contributed by atoms with Gasteiger partial charge in [0.15, 0.2) is 11.5 Å². The van der Waals surface area contributed by atoms with Crippen LogP contribution in [0.5, 0.6) is 11.5 Å². The van der Waals surface area contributed by atoms with E-state index in [-0.39, 0.29) is 5.91 Å². The summed E-state index contributed by atoms with van der Waals surface area (Å²) in [4.78, 5) is 11.5. The van der Waals surface area contributed by atoms with E-state index in [4.69, 9.17) is 14.9 Å². The highest BCUT2D eigenvalue weighted by Crippen LogP contribution is 2.31. The third-order valence-electron chi connectivity index (χ3n) is 2.13. The minimum absolute atomic E-state index is 0.348. The Hall–Kier alpha value is -2.04. The van der Waals surface area contributed by atoms with Gasteiger partial charge in [-0.1, -0.05) is 0 Å². The molecule has 0 heterocycles. The number of hydrogen-bond acceptors (Lipinski definition) is 4. The molecule has 0 aliphatic heterocycles. The van der Waals surface area contributed by atoms with Crippen molar-refractivity contribution in [1.82, 2.24) is 5.32 Å². The summed E-state index contributed by atoms with van der Waals surface area (Å²) in [5.74, 6) is 0.755. The number of hydrogen-bond donors (Lipinski definition) is 2. The van der Waals surface area contributed by atoms with Crippen molar-refractivity contribution in [3.8, 4) is 11.5 Å². The van der Waals surface area contributed by atoms with Crippen LogP contribution in [0.15, 0.2) is 12.1 Å². The maximum Gasteiger partial charge on any atom is 0.256 e. The van der Waals surface area contributed by atoms with Crippen LogP contribution in [0.25, 0.3) is 0 Å². The zero-order valence-corrected chi connectivity index (χ0v) is 9.46. The summed E-state index contributed by atoms with van der Waals surface area (Å²) in [6, 6.07) is 3.25. The molecule has 0 saturated carbocycles. The van der Waals surface area contributed by atoms with Gasteiger partial charge in [0.25, 0.3) is 5.91 Å². The Labute approximate surface area is 93.9 Å². The number of methoxy groups -OCH3 is 2. The van der Waals surface area contributed by atoms with Crippen LogP contribution in [0.1, 0.15) is 15.9 Å². The maximum atomic E-state index is 11.5. The summed E-state index contributed by atoms with van der Waals surface area (Å²) >= 11 is 0. The summed E-state index contributed by atoms with van der Waals surface area (Å²) < 4.78 is 10.3. The molecule has 0 spiro atoms. The minimum atomic E-state index is -0.348. The van der Waals surface area contributed by atoms with Gasteiger partial charge in [0.05, 0.1) is 20.6 Å². The van der Waals surface area contributed by atoms with E-state index >= 15 is 0 Å². The van der Waals surface area contributed by atoms with Crippen molar-refractivity contribution in [1.29, 1.82) is 5.41 Å². The van der Waals surface area contributed by atoms with Gasteiger partial charge >= 0.3 is 0 Å². The number of amides is 1. The van der Waals surface area contributed by atoms with Crippen LogP contribution < -0.4 is 14.8 Å². The monoisotopic (exact) mass is 222 g/mol. The van der Waals surface area contributed by atoms with Crippen LogP contribution in [0.2, 0.25) is 0 Å². The second kappa shape index (κ2) is 5.16. The van der Waals surface area contributed by atoms with Gasteiger partial charge in [-0.25, -0.2) is 0 Å². The van der Waals surface area contributed by atoms with E-state index in [1.807, 2.05) is 6.92 Å². The standard InChI is InChI=1S/C11H14N2O3/c1-7-4-8(11(14)13-6-12)5-9(15-2)10(7)16-3/h4-6H,1-3H3,(H2,12,13,14). The zero-order valence-electron chi connectivity index (χ0n) is 9.46. The third kappa shape index (κ3) is 2.31. The van der Waals surface area contributed by atoms with Crippen LogP contribution in [0.3, 0.4) is 0 Å². The number of carbonyl (C=O) groups excluding carboxylic acids is 1. The molecule has 0 bridgehead atoms. The average molecular weight is 222 g/mol. The number of nitrogens with one attached hydrogen (secondary N) is 2. The molecule has 1 amide bonds. The van der Waals surface area contributed by atoms with Gasteiger partial charge in [-0.2, -0.15) is 0 Å². The second-order valence-corrected chi connectivity index (χ2v) is 3.15. The molecule has 1 aromatic rings. The quantitative estimate of drug-likeness (QED) is 0.596. The summed E-state index contributed by atoms with van der Waals surface area (Å²) in [5, 5.41) is 9.08. The normalized spacial score (nSPS) is 9.44. The van der Waals surface area contributed by atoms with Gasteiger partial charge < -0.3 is 14.8 Å². The Kier molecular flexibility index (Phi) is 3.88. The second-order valence-electron chi connectivity index (χ2n) is 3.15. The Morgan fingerprint density at radius 3 is 2.56 bits per heavy atom. The first-order valence-electron chi connectivity index (χ1n) is 4.66. The summed E-state index contributed by atoms with van der Waals surface area (Å²) in [5.41, 5.74) is 1.23. The number of ether oxygens (including phenoxy) is 2. The molecular formula is C11H14N2O3. The molecule has 0 saturated heterocycles. The molecule has 0 atom stereocenters. The Morgan fingerprint density at radius 2 is 2.06 bits per heavy atom. The first kappa shape index (κ1) is 12.0. The molecule has 1 aromatic carbocycles. The molecule has 2 N–H and O–H groups in total. The molecule has 0 radical (unpaired) electrons. The van der Waals surface area contributed by atoms with Gasteiger partial charge in [0.1, 0.15) is 0 Å². The van der Waals surface area contributed by atoms with Crippen molar-refractivity contribution < 1.29 is 14.3 Å². The minimum Gasteiger partial charge on any atom is -0.493 e. The van der Waals surface area contributed by atoms with Crippen LogP contribution in [0.4, 0.5) is 0 Å². The predicted octanol–water partition coefficient (Wildman–Crippen LogP) is 1.35. The largest absolute Gasteiger partial charge is 0.493 e. The number of carbonyl (C=O) groups is 1. The number of aryl methyl sites for hydroxylation is 1. The van der Waals surface area contributed by atoms with Crippen molar-refractivity contribution in [2.24, 2.45) is 0 Å². The average Bonchev–Trinajstić information content (AvgIpc) is 2.28. The molecule has 0 aliphatic carbocycles. The maximum absolute atomic E-state index is 11.5. The first-order valence-corrected chi connectivity index (χ1v) is 4.66. The molecule has 86 valence electrons. The lowest BCUT2D eigenvalue weighted by Gasteiger charge is -2.12. The summed E-state index contributed by atoms with van der Waals surface area (Å²) in [6.45, 7) is 1.82. The molecule has 5 heteroatoms. The van der Waals surface area contributed by atoms with Crippen LogP contribution >= 0.6 is 0 Å². The van der Waals surface area contributed by atoms with Crippen molar-refractivity contribution in [3.05, 3.63) is 23.3 Å². The summed E-state index contributed by atoms with van der Waals surface area (Å²) in [7, 11) is 3.05. The molecule has 0 aromatic heterocycles. The van der Waals surface area contributed by atoms with Crippen molar-refractivity contribution in [2.75, 3.05) is 14.2 Å². The van der Waals surface area contributed by atoms with Gasteiger partial charge in [0.2, 0.25) is 0 Å². The molecule has 0 unspecified atom stereocenters. The molecule has 0 aliphatic rings. The lowest BCUT2D eigenvalue weighted by molar-refractivity contribution is 0.0978. The van der Waals surface area contributed by atoms with E-state index in [2.05, 4.69) is 5.32 Å². The van der Waals surface area contributed by atoms with E-state index < -0.39 is 0 Å². The van der Waals surface area contributed by atoms with E-state index in [9.17, 15) is 4.79 Å². The Bertz CT molecular complexity index is 416. The topological polar surface area (TPSA) is 71.4 Å². The molecule has 5 nitrogen and oxygen atoms in total. The third-order valence-corrected chi connectivity index (χ3v) is 2.13. The van der Waals surface area contributed by atoms with Crippen LogP contribution in [0, 0.1) is 12.3 Å². The van der Waals surface area contributed by atoms with Gasteiger partial charge in [-0.15, -0.1) is 0 Å². The van der Waals surface area contributed by atoms with E-state index in [0.29, 0.717) is 17.1 Å². The smallest absolute Gasteiger partial charge is 0.256 e. The highest BCUT2D eigenvalue weighted by atomic mass is 16.5. The Balaban J connectivity index is 3.19. The number of benzene rings is 1. The fourth-order valence-electron chi connectivity index (χ4n) is 1.43. The molecular weight excluding hydrogens is 208 g/mol. The SMILES string of the molecule is COc1cc(C(=O)NC=N)cc(C)c1OC. The zero-order chi connectivity index (χ0) is 12.1. The fraction of sp³-hybridized carbons (Fsp3) is 0.273. The van der Waals surface area contributed by atoms with E-state index in [0.717, 1.165) is 11.9 Å². The van der Waals surface area contributed by atoms with E-state index in [1.54, 1.807) is 19.2 Å². The predicted molar refractivity (Wildman–Crippen MR) is 60.5 cm³/mol.